The van der Waals surface area contributed by atoms with Gasteiger partial charge < -0.3 is 19.3 Å². The number of benzene rings is 1. The van der Waals surface area contributed by atoms with Crippen molar-refractivity contribution in [1.82, 2.24) is 15.0 Å². The lowest BCUT2D eigenvalue weighted by Gasteiger charge is -2.26. The molecule has 10 nitrogen and oxygen atoms in total. The number of amides is 2. The Kier molecular flexibility index (Phi) is 8.52. The van der Waals surface area contributed by atoms with E-state index < -0.39 is 6.03 Å². The standard InChI is InChI=1S/C27H33N5O5/c1-27(2,3)24-18-25(31-37-24)30-26(34)29-20-6-4-19(5-7-20)16-23(33)22-17-21(8-9-28-22)36-15-12-32-10-13-35-14-11-32/h4-9,17-18H,10-16H2,1-3H3,(H2,29,30,31,34). The maximum Gasteiger partial charge on any atom is 0.324 e. The molecule has 1 aliphatic rings. The van der Waals surface area contributed by atoms with Crippen molar-refractivity contribution in [3.05, 3.63) is 65.7 Å². The predicted molar refractivity (Wildman–Crippen MR) is 139 cm³/mol. The zero-order chi connectivity index (χ0) is 26.3. The van der Waals surface area contributed by atoms with Crippen LogP contribution in [-0.4, -0.2) is 66.3 Å². The molecule has 1 fully saturated rings. The molecular formula is C27H33N5O5. The van der Waals surface area contributed by atoms with Crippen molar-refractivity contribution in [2.24, 2.45) is 0 Å². The fourth-order valence-electron chi connectivity index (χ4n) is 3.72. The molecule has 3 heterocycles. The van der Waals surface area contributed by atoms with Gasteiger partial charge in [-0.1, -0.05) is 38.1 Å². The van der Waals surface area contributed by atoms with Crippen LogP contribution < -0.4 is 15.4 Å². The summed E-state index contributed by atoms with van der Waals surface area (Å²) in [6, 6.07) is 11.8. The van der Waals surface area contributed by atoms with Crippen molar-refractivity contribution in [3.8, 4) is 5.75 Å². The van der Waals surface area contributed by atoms with E-state index in [0.29, 0.717) is 35.3 Å². The Morgan fingerprint density at radius 1 is 1.05 bits per heavy atom. The van der Waals surface area contributed by atoms with Gasteiger partial charge in [0.05, 0.1) is 13.2 Å². The normalized spacial score (nSPS) is 14.2. The molecule has 1 aliphatic heterocycles. The van der Waals surface area contributed by atoms with Gasteiger partial charge in [-0.05, 0) is 23.8 Å². The number of ether oxygens (including phenoxy) is 2. The number of hydrogen-bond donors (Lipinski definition) is 2. The van der Waals surface area contributed by atoms with Gasteiger partial charge in [0, 0.05) is 55.5 Å². The third-order valence-corrected chi connectivity index (χ3v) is 5.86. The number of anilines is 2. The van der Waals surface area contributed by atoms with Gasteiger partial charge in [0.25, 0.3) is 0 Å². The molecule has 0 saturated carbocycles. The first-order valence-electron chi connectivity index (χ1n) is 12.3. The molecule has 0 atom stereocenters. The molecule has 1 saturated heterocycles. The maximum atomic E-state index is 12.8. The van der Waals surface area contributed by atoms with Crippen molar-refractivity contribution in [2.45, 2.75) is 32.6 Å². The van der Waals surface area contributed by atoms with E-state index >= 15 is 0 Å². The molecule has 4 rings (SSSR count). The Hall–Kier alpha value is -3.76. The van der Waals surface area contributed by atoms with Gasteiger partial charge in [0.2, 0.25) is 0 Å². The second kappa shape index (κ2) is 12.0. The predicted octanol–water partition coefficient (Wildman–Crippen LogP) is 4.15. The zero-order valence-corrected chi connectivity index (χ0v) is 21.5. The third kappa shape index (κ3) is 7.86. The number of ketones is 1. The first kappa shape index (κ1) is 26.3. The number of carbonyl (C=O) groups excluding carboxylic acids is 2. The van der Waals surface area contributed by atoms with E-state index in [1.54, 1.807) is 48.7 Å². The highest BCUT2D eigenvalue weighted by molar-refractivity contribution is 5.99. The number of hydrogen-bond acceptors (Lipinski definition) is 8. The van der Waals surface area contributed by atoms with Crippen LogP contribution in [0.25, 0.3) is 0 Å². The molecule has 2 N–H and O–H groups in total. The molecule has 2 aromatic heterocycles. The number of nitrogens with zero attached hydrogens (tertiary/aromatic N) is 3. The Labute approximate surface area is 216 Å². The number of Topliss-reactive ketones (excluding diaryl/α,β-unsaturated/α-hetero) is 1. The molecule has 0 spiro atoms. The van der Waals surface area contributed by atoms with Gasteiger partial charge in [-0.25, -0.2) is 4.79 Å². The largest absolute Gasteiger partial charge is 0.492 e. The van der Waals surface area contributed by atoms with Crippen molar-refractivity contribution < 1.29 is 23.6 Å². The quantitative estimate of drug-likeness (QED) is 0.415. The molecule has 0 unspecified atom stereocenters. The summed E-state index contributed by atoms with van der Waals surface area (Å²) < 4.78 is 16.5. The second-order valence-electron chi connectivity index (χ2n) is 9.88. The molecule has 10 heteroatoms. The highest BCUT2D eigenvalue weighted by atomic mass is 16.5. The van der Waals surface area contributed by atoms with E-state index in [2.05, 4.69) is 25.7 Å². The van der Waals surface area contributed by atoms with Crippen LogP contribution >= 0.6 is 0 Å². The SMILES string of the molecule is CC(C)(C)c1cc(NC(=O)Nc2ccc(CC(=O)c3cc(OCCN4CCOCC4)ccn3)cc2)no1. The van der Waals surface area contributed by atoms with E-state index in [4.69, 9.17) is 14.0 Å². The van der Waals surface area contributed by atoms with Crippen LogP contribution in [0, 0.1) is 0 Å². The molecule has 1 aromatic carbocycles. The van der Waals surface area contributed by atoms with Crippen LogP contribution in [0.4, 0.5) is 16.3 Å². The average molecular weight is 508 g/mol. The monoisotopic (exact) mass is 507 g/mol. The van der Waals surface area contributed by atoms with E-state index in [0.717, 1.165) is 38.4 Å². The van der Waals surface area contributed by atoms with Crippen LogP contribution in [0.2, 0.25) is 0 Å². The van der Waals surface area contributed by atoms with E-state index in [1.165, 1.54) is 0 Å². The smallest absolute Gasteiger partial charge is 0.324 e. The minimum Gasteiger partial charge on any atom is -0.492 e. The summed E-state index contributed by atoms with van der Waals surface area (Å²) in [5.41, 5.74) is 1.54. The van der Waals surface area contributed by atoms with Gasteiger partial charge >= 0.3 is 6.03 Å². The highest BCUT2D eigenvalue weighted by Gasteiger charge is 2.20. The lowest BCUT2D eigenvalue weighted by atomic mass is 9.93. The number of pyridine rings is 1. The number of carbonyl (C=O) groups is 2. The van der Waals surface area contributed by atoms with Crippen LogP contribution in [0.15, 0.2) is 53.2 Å². The van der Waals surface area contributed by atoms with Crippen LogP contribution in [-0.2, 0) is 16.6 Å². The molecule has 2 amide bonds. The Bertz CT molecular complexity index is 1200. The van der Waals surface area contributed by atoms with Crippen molar-refractivity contribution in [1.29, 1.82) is 0 Å². The second-order valence-corrected chi connectivity index (χ2v) is 9.88. The summed E-state index contributed by atoms with van der Waals surface area (Å²) in [4.78, 5) is 31.6. The summed E-state index contributed by atoms with van der Waals surface area (Å²) in [6.07, 6.45) is 1.77. The molecule has 196 valence electrons. The first-order chi connectivity index (χ1) is 17.8. The fourth-order valence-corrected chi connectivity index (χ4v) is 3.72. The van der Waals surface area contributed by atoms with Gasteiger partial charge in [-0.3, -0.25) is 20.0 Å². The molecular weight excluding hydrogens is 474 g/mol. The van der Waals surface area contributed by atoms with Gasteiger partial charge in [-0.2, -0.15) is 0 Å². The Morgan fingerprint density at radius 3 is 2.51 bits per heavy atom. The topological polar surface area (TPSA) is 119 Å². The van der Waals surface area contributed by atoms with Gasteiger partial charge in [-0.15, -0.1) is 0 Å². The zero-order valence-electron chi connectivity index (χ0n) is 21.5. The Balaban J connectivity index is 1.25. The van der Waals surface area contributed by atoms with Gasteiger partial charge in [0.1, 0.15) is 23.8 Å². The maximum absolute atomic E-state index is 12.8. The van der Waals surface area contributed by atoms with E-state index in [9.17, 15) is 9.59 Å². The summed E-state index contributed by atoms with van der Waals surface area (Å²) in [5, 5.41) is 9.28. The van der Waals surface area contributed by atoms with Gasteiger partial charge in [0.15, 0.2) is 11.6 Å². The summed E-state index contributed by atoms with van der Waals surface area (Å²) in [5.74, 6) is 1.53. The third-order valence-electron chi connectivity index (χ3n) is 5.86. The highest BCUT2D eigenvalue weighted by Crippen LogP contribution is 2.24. The number of nitrogens with one attached hydrogen (secondary N) is 2. The lowest BCUT2D eigenvalue weighted by Crippen LogP contribution is -2.38. The fraction of sp³-hybridized carbons (Fsp3) is 0.407. The first-order valence-corrected chi connectivity index (χ1v) is 12.3. The molecule has 0 bridgehead atoms. The minimum atomic E-state index is -0.438. The number of rotatable bonds is 9. The Morgan fingerprint density at radius 2 is 1.81 bits per heavy atom. The van der Waals surface area contributed by atoms with Crippen LogP contribution in [0.1, 0.15) is 42.6 Å². The molecule has 0 aliphatic carbocycles. The summed E-state index contributed by atoms with van der Waals surface area (Å²) in [6.45, 7) is 10.6. The van der Waals surface area contributed by atoms with E-state index in [1.807, 2.05) is 20.8 Å². The minimum absolute atomic E-state index is 0.113. The molecule has 0 radical (unpaired) electrons. The number of morpholine rings is 1. The average Bonchev–Trinajstić information content (AvgIpc) is 3.35. The van der Waals surface area contributed by atoms with Crippen molar-refractivity contribution in [2.75, 3.05) is 50.1 Å². The molecule has 37 heavy (non-hydrogen) atoms. The van der Waals surface area contributed by atoms with Crippen LogP contribution in [0.3, 0.4) is 0 Å². The summed E-state index contributed by atoms with van der Waals surface area (Å²) >= 11 is 0. The summed E-state index contributed by atoms with van der Waals surface area (Å²) in [7, 11) is 0. The number of urea groups is 1. The van der Waals surface area contributed by atoms with Crippen molar-refractivity contribution >= 4 is 23.3 Å². The van der Waals surface area contributed by atoms with Crippen molar-refractivity contribution in [3.63, 3.8) is 0 Å². The molecule has 3 aromatic rings. The van der Waals surface area contributed by atoms with E-state index in [-0.39, 0.29) is 17.6 Å². The number of aromatic nitrogens is 2. The lowest BCUT2D eigenvalue weighted by molar-refractivity contribution is 0.0322. The van der Waals surface area contributed by atoms with Crippen LogP contribution in [0.5, 0.6) is 5.75 Å².